The number of amides is 1. The maximum absolute atomic E-state index is 13.7. The lowest BCUT2D eigenvalue weighted by Gasteiger charge is -2.27. The molecule has 1 fully saturated rings. The van der Waals surface area contributed by atoms with E-state index in [-0.39, 0.29) is 0 Å². The van der Waals surface area contributed by atoms with Crippen LogP contribution < -0.4 is 5.32 Å². The minimum Gasteiger partial charge on any atom is -0.379 e. The highest BCUT2D eigenvalue weighted by Gasteiger charge is 2.18. The predicted octanol–water partition coefficient (Wildman–Crippen LogP) is 2.44. The number of nitrogens with one attached hydrogen (secondary N) is 1. The third-order valence-electron chi connectivity index (χ3n) is 3.85. The molecule has 1 aliphatic heterocycles. The van der Waals surface area contributed by atoms with Crippen LogP contribution in [0.3, 0.4) is 0 Å². The van der Waals surface area contributed by atoms with Crippen LogP contribution in [0.15, 0.2) is 36.5 Å². The zero-order valence-electron chi connectivity index (χ0n) is 13.0. The Morgan fingerprint density at radius 1 is 1.21 bits per heavy atom. The highest BCUT2D eigenvalue weighted by atomic mass is 19.1. The molecular weight excluding hydrogens is 316 g/mol. The Kier molecular flexibility index (Phi) is 5.12. The van der Waals surface area contributed by atoms with E-state index in [0.717, 1.165) is 30.9 Å². The first-order chi connectivity index (χ1) is 11.6. The number of benzene rings is 1. The molecule has 0 aliphatic carbocycles. The fraction of sp³-hybridized carbons (Fsp3) is 0.294. The van der Waals surface area contributed by atoms with Gasteiger partial charge < -0.3 is 10.1 Å². The first-order valence-electron chi connectivity index (χ1n) is 7.64. The number of aromatic nitrogens is 1. The molecule has 1 saturated heterocycles. The van der Waals surface area contributed by atoms with Crippen LogP contribution in [0.5, 0.6) is 0 Å². The van der Waals surface area contributed by atoms with E-state index in [1.54, 1.807) is 12.1 Å². The van der Waals surface area contributed by atoms with Gasteiger partial charge in [-0.15, -0.1) is 0 Å². The van der Waals surface area contributed by atoms with Gasteiger partial charge in [-0.05, 0) is 17.7 Å². The number of nitrogens with zero attached hydrogens (tertiary/aromatic N) is 2. The molecule has 24 heavy (non-hydrogen) atoms. The van der Waals surface area contributed by atoms with Crippen molar-refractivity contribution in [3.05, 3.63) is 59.4 Å². The molecule has 1 N–H and O–H groups in total. The van der Waals surface area contributed by atoms with Gasteiger partial charge in [-0.1, -0.05) is 18.2 Å². The molecule has 0 unspecified atom stereocenters. The van der Waals surface area contributed by atoms with Crippen LogP contribution >= 0.6 is 0 Å². The van der Waals surface area contributed by atoms with Gasteiger partial charge >= 0.3 is 0 Å². The van der Waals surface area contributed by atoms with Crippen molar-refractivity contribution < 1.29 is 18.3 Å². The first-order valence-corrected chi connectivity index (χ1v) is 7.64. The summed E-state index contributed by atoms with van der Waals surface area (Å²) in [6.07, 6.45) is 1.01. The molecule has 2 heterocycles. The molecule has 0 spiro atoms. The summed E-state index contributed by atoms with van der Waals surface area (Å²) >= 11 is 0. The van der Waals surface area contributed by atoms with Gasteiger partial charge in [0.2, 0.25) is 5.95 Å². The number of morpholine rings is 1. The maximum atomic E-state index is 13.7. The van der Waals surface area contributed by atoms with E-state index < -0.39 is 23.4 Å². The van der Waals surface area contributed by atoms with Crippen molar-refractivity contribution in [1.82, 2.24) is 9.88 Å². The van der Waals surface area contributed by atoms with E-state index in [0.29, 0.717) is 25.3 Å². The van der Waals surface area contributed by atoms with Gasteiger partial charge in [0.25, 0.3) is 5.91 Å². The van der Waals surface area contributed by atoms with Crippen molar-refractivity contribution in [1.29, 1.82) is 0 Å². The number of hydrogen-bond acceptors (Lipinski definition) is 4. The molecule has 1 aromatic heterocycles. The number of pyridine rings is 1. The number of anilines is 1. The van der Waals surface area contributed by atoms with Gasteiger partial charge in [0, 0.05) is 31.4 Å². The summed E-state index contributed by atoms with van der Waals surface area (Å²) in [4.78, 5) is 18.0. The van der Waals surface area contributed by atoms with Gasteiger partial charge in [0.15, 0.2) is 5.82 Å². The zero-order valence-corrected chi connectivity index (χ0v) is 13.0. The Bertz CT molecular complexity index is 713. The second kappa shape index (κ2) is 7.46. The van der Waals surface area contributed by atoms with E-state index in [9.17, 15) is 13.6 Å². The average Bonchev–Trinajstić information content (AvgIpc) is 2.59. The lowest BCUT2D eigenvalue weighted by atomic mass is 10.1. The minimum atomic E-state index is -1.05. The molecule has 1 aliphatic rings. The summed E-state index contributed by atoms with van der Waals surface area (Å²) in [5.74, 6) is -2.47. The molecule has 0 radical (unpaired) electrons. The smallest absolute Gasteiger partial charge is 0.256 e. The Balaban J connectivity index is 1.79. The van der Waals surface area contributed by atoms with Crippen molar-refractivity contribution in [2.24, 2.45) is 0 Å². The molecule has 1 amide bonds. The van der Waals surface area contributed by atoms with Crippen LogP contribution in [0, 0.1) is 11.8 Å². The molecule has 1 aromatic carbocycles. The van der Waals surface area contributed by atoms with Gasteiger partial charge in [0.1, 0.15) is 5.69 Å². The summed E-state index contributed by atoms with van der Waals surface area (Å²) < 4.78 is 32.6. The Morgan fingerprint density at radius 3 is 2.71 bits per heavy atom. The van der Waals surface area contributed by atoms with E-state index in [1.165, 1.54) is 0 Å². The van der Waals surface area contributed by atoms with E-state index >= 15 is 0 Å². The Hall–Kier alpha value is -2.38. The fourth-order valence-corrected chi connectivity index (χ4v) is 2.59. The Labute approximate surface area is 138 Å². The number of carbonyl (C=O) groups excluding carboxylic acids is 1. The molecule has 0 atom stereocenters. The fourth-order valence-electron chi connectivity index (χ4n) is 2.59. The van der Waals surface area contributed by atoms with E-state index in [4.69, 9.17) is 4.74 Å². The summed E-state index contributed by atoms with van der Waals surface area (Å²) in [6, 6.07) is 8.02. The van der Waals surface area contributed by atoms with E-state index in [1.807, 2.05) is 12.1 Å². The molecular formula is C17H17F2N3O2. The standard InChI is InChI=1S/C17H17F2N3O2/c18-14-5-6-20-16(19)15(14)21-17(23)13-4-2-1-3-12(13)11-22-7-9-24-10-8-22/h1-6H,7-11H2,(H,21,23). The number of ether oxygens (including phenoxy) is 1. The van der Waals surface area contributed by atoms with Crippen LogP contribution in [0.25, 0.3) is 0 Å². The summed E-state index contributed by atoms with van der Waals surface area (Å²) in [6.45, 7) is 3.44. The molecule has 3 rings (SSSR count). The van der Waals surface area contributed by atoms with Crippen molar-refractivity contribution in [3.8, 4) is 0 Å². The highest BCUT2D eigenvalue weighted by molar-refractivity contribution is 6.05. The number of carbonyl (C=O) groups is 1. The quantitative estimate of drug-likeness (QED) is 0.873. The third-order valence-corrected chi connectivity index (χ3v) is 3.85. The molecule has 0 saturated carbocycles. The van der Waals surface area contributed by atoms with Crippen LogP contribution in [0.4, 0.5) is 14.5 Å². The molecule has 0 bridgehead atoms. The minimum absolute atomic E-state index is 0.381. The summed E-state index contributed by atoms with van der Waals surface area (Å²) in [7, 11) is 0. The van der Waals surface area contributed by atoms with E-state index in [2.05, 4.69) is 15.2 Å². The number of rotatable bonds is 4. The van der Waals surface area contributed by atoms with Gasteiger partial charge in [-0.25, -0.2) is 9.37 Å². The summed E-state index contributed by atoms with van der Waals surface area (Å²) in [5, 5.41) is 2.28. The third kappa shape index (κ3) is 3.74. The van der Waals surface area contributed by atoms with Crippen molar-refractivity contribution >= 4 is 11.6 Å². The van der Waals surface area contributed by atoms with Crippen molar-refractivity contribution in [2.75, 3.05) is 31.6 Å². The molecule has 2 aromatic rings. The average molecular weight is 333 g/mol. The molecule has 5 nitrogen and oxygen atoms in total. The largest absolute Gasteiger partial charge is 0.379 e. The lowest BCUT2D eigenvalue weighted by Crippen LogP contribution is -2.36. The Morgan fingerprint density at radius 2 is 1.96 bits per heavy atom. The highest BCUT2D eigenvalue weighted by Crippen LogP contribution is 2.19. The van der Waals surface area contributed by atoms with Gasteiger partial charge in [-0.3, -0.25) is 9.69 Å². The summed E-state index contributed by atoms with van der Waals surface area (Å²) in [5.41, 5.74) is 0.636. The van der Waals surface area contributed by atoms with Crippen molar-refractivity contribution in [3.63, 3.8) is 0 Å². The zero-order chi connectivity index (χ0) is 16.9. The first kappa shape index (κ1) is 16.5. The number of halogens is 2. The second-order valence-corrected chi connectivity index (χ2v) is 5.46. The molecule has 126 valence electrons. The van der Waals surface area contributed by atoms with Crippen LogP contribution in [-0.4, -0.2) is 42.1 Å². The second-order valence-electron chi connectivity index (χ2n) is 5.46. The number of hydrogen-bond donors (Lipinski definition) is 1. The molecule has 7 heteroatoms. The topological polar surface area (TPSA) is 54.5 Å². The maximum Gasteiger partial charge on any atom is 0.256 e. The van der Waals surface area contributed by atoms with Crippen LogP contribution in [0.2, 0.25) is 0 Å². The van der Waals surface area contributed by atoms with Gasteiger partial charge in [-0.2, -0.15) is 4.39 Å². The monoisotopic (exact) mass is 333 g/mol. The SMILES string of the molecule is O=C(Nc1c(F)ccnc1F)c1ccccc1CN1CCOCC1. The van der Waals surface area contributed by atoms with Crippen LogP contribution in [0.1, 0.15) is 15.9 Å². The predicted molar refractivity (Wildman–Crippen MR) is 84.6 cm³/mol. The normalized spacial score (nSPS) is 15.2. The van der Waals surface area contributed by atoms with Gasteiger partial charge in [0.05, 0.1) is 13.2 Å². The van der Waals surface area contributed by atoms with Crippen molar-refractivity contribution in [2.45, 2.75) is 6.54 Å². The van der Waals surface area contributed by atoms with Crippen LogP contribution in [-0.2, 0) is 11.3 Å². The lowest BCUT2D eigenvalue weighted by molar-refractivity contribution is 0.0341.